The summed E-state index contributed by atoms with van der Waals surface area (Å²) in [4.78, 5) is 9.05. The van der Waals surface area contributed by atoms with E-state index in [1.54, 1.807) is 12.4 Å². The predicted molar refractivity (Wildman–Crippen MR) is 115 cm³/mol. The van der Waals surface area contributed by atoms with Crippen LogP contribution in [0.4, 0.5) is 5.69 Å². The molecule has 1 aromatic carbocycles. The molecule has 0 saturated carbocycles. The van der Waals surface area contributed by atoms with Gasteiger partial charge in [0.2, 0.25) is 0 Å². The highest BCUT2D eigenvalue weighted by molar-refractivity contribution is 7.80. The molecule has 2 heterocycles. The molecule has 3 aromatic rings. The van der Waals surface area contributed by atoms with Crippen LogP contribution in [0.1, 0.15) is 41.0 Å². The number of pyridine rings is 2. The first-order chi connectivity index (χ1) is 12.1. The van der Waals surface area contributed by atoms with Gasteiger partial charge >= 0.3 is 0 Å². The number of anilines is 1. The smallest absolute Gasteiger partial charge is 0.171 e. The molecule has 0 bridgehead atoms. The number of rotatable bonds is 3. The summed E-state index contributed by atoms with van der Waals surface area (Å²) in [5.74, 6) is 0. The number of nitrogens with zero attached hydrogens (tertiary/aromatic N) is 2. The second-order valence-electron chi connectivity index (χ2n) is 8.59. The van der Waals surface area contributed by atoms with Crippen molar-refractivity contribution < 1.29 is 0 Å². The average molecular weight is 367 g/mol. The van der Waals surface area contributed by atoms with E-state index in [4.69, 9.17) is 12.2 Å². The van der Waals surface area contributed by atoms with Crippen molar-refractivity contribution in [2.45, 2.75) is 46.6 Å². The largest absolute Gasteiger partial charge is 0.358 e. The van der Waals surface area contributed by atoms with Crippen LogP contribution in [0.3, 0.4) is 0 Å². The molecule has 0 spiro atoms. The Bertz CT molecular complexity index is 957. The fourth-order valence-electron chi connectivity index (χ4n) is 3.73. The minimum Gasteiger partial charge on any atom is -0.358 e. The summed E-state index contributed by atoms with van der Waals surface area (Å²) in [6.07, 6.45) is 4.60. The second kappa shape index (κ2) is 6.80. The molecule has 5 heteroatoms. The molecule has 0 atom stereocenters. The molecule has 0 unspecified atom stereocenters. The summed E-state index contributed by atoms with van der Waals surface area (Å²) in [5, 5.41) is 9.54. The van der Waals surface area contributed by atoms with Gasteiger partial charge in [-0.1, -0.05) is 32.9 Å². The number of nitrogens with one attached hydrogen (secondary N) is 2. The molecule has 0 aliphatic rings. The molecule has 0 fully saturated rings. The molecule has 4 nitrogen and oxygen atoms in total. The van der Waals surface area contributed by atoms with Gasteiger partial charge in [-0.15, -0.1) is 0 Å². The second-order valence-corrected chi connectivity index (χ2v) is 9.00. The number of thiocarbonyl (C=S) groups is 1. The molecular formula is C21H26N4S. The Hall–Kier alpha value is -2.27. The number of benzene rings is 1. The summed E-state index contributed by atoms with van der Waals surface area (Å²) in [6.45, 7) is 11.0. The number of hydrogen-bond donors (Lipinski definition) is 2. The highest BCUT2D eigenvalue weighted by Crippen LogP contribution is 2.30. The Kier molecular flexibility index (Phi) is 4.84. The molecule has 3 rings (SSSR count). The van der Waals surface area contributed by atoms with Gasteiger partial charge in [0.15, 0.2) is 5.11 Å². The van der Waals surface area contributed by atoms with Gasteiger partial charge in [0, 0.05) is 28.7 Å². The third-order valence-corrected chi connectivity index (χ3v) is 4.35. The van der Waals surface area contributed by atoms with Gasteiger partial charge in [-0.2, -0.15) is 0 Å². The maximum absolute atomic E-state index is 5.59. The van der Waals surface area contributed by atoms with Gasteiger partial charge in [-0.25, -0.2) is 0 Å². The van der Waals surface area contributed by atoms with Crippen LogP contribution in [0.2, 0.25) is 0 Å². The van der Waals surface area contributed by atoms with Crippen molar-refractivity contribution in [3.63, 3.8) is 0 Å². The zero-order valence-electron chi connectivity index (χ0n) is 16.1. The Morgan fingerprint density at radius 3 is 2.35 bits per heavy atom. The van der Waals surface area contributed by atoms with Crippen LogP contribution in [0.15, 0.2) is 42.7 Å². The number of fused-ring (bicyclic) bond motifs is 3. The zero-order chi connectivity index (χ0) is 18.9. The lowest BCUT2D eigenvalue weighted by Gasteiger charge is -2.34. The Balaban J connectivity index is 1.92. The fourth-order valence-corrected chi connectivity index (χ4v) is 4.12. The van der Waals surface area contributed by atoms with Crippen LogP contribution < -0.4 is 10.6 Å². The highest BCUT2D eigenvalue weighted by atomic mass is 32.1. The van der Waals surface area contributed by atoms with Crippen LogP contribution in [0, 0.1) is 5.41 Å². The lowest BCUT2D eigenvalue weighted by atomic mass is 9.82. The number of hydrogen-bond acceptors (Lipinski definition) is 3. The predicted octanol–water partition coefficient (Wildman–Crippen LogP) is 5.28. The van der Waals surface area contributed by atoms with Crippen molar-refractivity contribution in [2.24, 2.45) is 5.41 Å². The summed E-state index contributed by atoms with van der Waals surface area (Å²) in [7, 11) is 0. The lowest BCUT2D eigenvalue weighted by molar-refractivity contribution is 0.268. The van der Waals surface area contributed by atoms with Crippen LogP contribution in [-0.4, -0.2) is 20.6 Å². The topological polar surface area (TPSA) is 49.8 Å². The standard InChI is InChI=1S/C21H26N4S/c1-20(2,3)13-21(4,5)25-19(26)24-17-12-16-14(8-6-10-22-16)15-9-7-11-23-18(15)17/h6-12H,13H2,1-5H3,(H2,24,25,26). The molecule has 0 amide bonds. The third-order valence-electron chi connectivity index (χ3n) is 4.14. The van der Waals surface area contributed by atoms with Gasteiger partial charge in [0.1, 0.15) is 0 Å². The molecule has 0 saturated heterocycles. The van der Waals surface area contributed by atoms with Gasteiger partial charge in [0.05, 0.1) is 16.7 Å². The first kappa shape index (κ1) is 18.5. The summed E-state index contributed by atoms with van der Waals surface area (Å²) >= 11 is 5.59. The van der Waals surface area contributed by atoms with Crippen molar-refractivity contribution in [2.75, 3.05) is 5.32 Å². The van der Waals surface area contributed by atoms with E-state index in [-0.39, 0.29) is 11.0 Å². The maximum Gasteiger partial charge on any atom is 0.171 e. The highest BCUT2D eigenvalue weighted by Gasteiger charge is 2.26. The van der Waals surface area contributed by atoms with Crippen molar-refractivity contribution in [1.29, 1.82) is 0 Å². The molecule has 0 radical (unpaired) electrons. The molecule has 2 aromatic heterocycles. The zero-order valence-corrected chi connectivity index (χ0v) is 16.9. The van der Waals surface area contributed by atoms with Crippen molar-refractivity contribution in [3.05, 3.63) is 42.7 Å². The Morgan fingerprint density at radius 2 is 1.65 bits per heavy atom. The van der Waals surface area contributed by atoms with E-state index in [2.05, 4.69) is 67.4 Å². The van der Waals surface area contributed by atoms with E-state index < -0.39 is 0 Å². The first-order valence-electron chi connectivity index (χ1n) is 8.86. The van der Waals surface area contributed by atoms with E-state index in [1.807, 2.05) is 18.2 Å². The van der Waals surface area contributed by atoms with Gasteiger partial charge in [-0.3, -0.25) is 9.97 Å². The fraction of sp³-hybridized carbons (Fsp3) is 0.381. The van der Waals surface area contributed by atoms with E-state index in [0.29, 0.717) is 5.11 Å². The van der Waals surface area contributed by atoms with Gasteiger partial charge in [-0.05, 0) is 56.1 Å². The van der Waals surface area contributed by atoms with Crippen LogP contribution in [0.5, 0.6) is 0 Å². The van der Waals surface area contributed by atoms with Gasteiger partial charge in [0.25, 0.3) is 0 Å². The van der Waals surface area contributed by atoms with E-state index in [9.17, 15) is 0 Å². The quantitative estimate of drug-likeness (QED) is 0.487. The molecule has 136 valence electrons. The van der Waals surface area contributed by atoms with E-state index >= 15 is 0 Å². The van der Waals surface area contributed by atoms with Crippen LogP contribution >= 0.6 is 12.2 Å². The Morgan fingerprint density at radius 1 is 1.00 bits per heavy atom. The van der Waals surface area contributed by atoms with Crippen molar-refractivity contribution in [3.8, 4) is 0 Å². The monoisotopic (exact) mass is 366 g/mol. The molecule has 0 aliphatic heterocycles. The van der Waals surface area contributed by atoms with Crippen LogP contribution in [0.25, 0.3) is 21.8 Å². The summed E-state index contributed by atoms with van der Waals surface area (Å²) < 4.78 is 0. The van der Waals surface area contributed by atoms with Crippen LogP contribution in [-0.2, 0) is 0 Å². The SMILES string of the molecule is CC(C)(C)CC(C)(C)NC(=S)Nc1cc2ncccc2c2cccnc12. The molecule has 26 heavy (non-hydrogen) atoms. The van der Waals surface area contributed by atoms with E-state index in [1.165, 1.54) is 0 Å². The van der Waals surface area contributed by atoms with E-state index in [0.717, 1.165) is 33.9 Å². The number of aromatic nitrogens is 2. The lowest BCUT2D eigenvalue weighted by Crippen LogP contribution is -2.47. The molecular weight excluding hydrogens is 340 g/mol. The third kappa shape index (κ3) is 4.28. The normalized spacial score (nSPS) is 12.3. The minimum atomic E-state index is -0.110. The Labute approximate surface area is 160 Å². The van der Waals surface area contributed by atoms with Gasteiger partial charge < -0.3 is 10.6 Å². The minimum absolute atomic E-state index is 0.110. The summed E-state index contributed by atoms with van der Waals surface area (Å²) in [6, 6.07) is 10.0. The average Bonchev–Trinajstić information content (AvgIpc) is 2.52. The van der Waals surface area contributed by atoms with Crippen molar-refractivity contribution in [1.82, 2.24) is 15.3 Å². The first-order valence-corrected chi connectivity index (χ1v) is 9.27. The molecule has 0 aliphatic carbocycles. The summed E-state index contributed by atoms with van der Waals surface area (Å²) in [5.41, 5.74) is 2.79. The molecule has 2 N–H and O–H groups in total. The van der Waals surface area contributed by atoms with Crippen molar-refractivity contribution >= 4 is 44.8 Å². The maximum atomic E-state index is 5.59.